The lowest BCUT2D eigenvalue weighted by molar-refractivity contribution is 0.0954. The maximum absolute atomic E-state index is 13.0. The summed E-state index contributed by atoms with van der Waals surface area (Å²) in [5, 5.41) is 21.5. The number of hydrogen-bond donors (Lipinski definition) is 3. The second-order valence-corrected chi connectivity index (χ2v) is 6.34. The summed E-state index contributed by atoms with van der Waals surface area (Å²) in [4.78, 5) is 4.31. The molecule has 0 spiro atoms. The van der Waals surface area contributed by atoms with Gasteiger partial charge in [0, 0.05) is 24.6 Å². The van der Waals surface area contributed by atoms with Gasteiger partial charge in [0.25, 0.3) is 0 Å². The highest BCUT2D eigenvalue weighted by Gasteiger charge is 2.20. The number of nitrogens with one attached hydrogen (secondary N) is 1. The first-order valence-electron chi connectivity index (χ1n) is 7.64. The van der Waals surface area contributed by atoms with Gasteiger partial charge in [-0.1, -0.05) is 32.0 Å². The van der Waals surface area contributed by atoms with Crippen molar-refractivity contribution < 1.29 is 14.6 Å². The van der Waals surface area contributed by atoms with E-state index in [9.17, 15) is 9.50 Å². The molecule has 0 radical (unpaired) electrons. The molecule has 0 aliphatic heterocycles. The van der Waals surface area contributed by atoms with Crippen molar-refractivity contribution in [2.75, 3.05) is 18.5 Å². The van der Waals surface area contributed by atoms with Crippen molar-refractivity contribution in [3.8, 4) is 0 Å². The zero-order chi connectivity index (χ0) is 16.9. The van der Waals surface area contributed by atoms with Crippen molar-refractivity contribution in [1.29, 1.82) is 0 Å². The molecule has 2 rings (SSSR count). The minimum absolute atomic E-state index is 0.166. The summed E-state index contributed by atoms with van der Waals surface area (Å²) in [5.74, 6) is 0.502. The molecule has 1 heterocycles. The van der Waals surface area contributed by atoms with Gasteiger partial charge in [0.2, 0.25) is 0 Å². The fourth-order valence-corrected chi connectivity index (χ4v) is 2.30. The smallest absolute Gasteiger partial charge is 0.125 e. The summed E-state index contributed by atoms with van der Waals surface area (Å²) >= 11 is 0. The number of pyridine rings is 1. The normalized spacial score (nSPS) is 12.9. The van der Waals surface area contributed by atoms with Crippen LogP contribution in [0, 0.1) is 5.82 Å². The van der Waals surface area contributed by atoms with Gasteiger partial charge in [-0.05, 0) is 29.3 Å². The fraction of sp³-hybridized carbons (Fsp3) is 0.389. The predicted octanol–water partition coefficient (Wildman–Crippen LogP) is 2.51. The van der Waals surface area contributed by atoms with E-state index in [0.29, 0.717) is 13.0 Å². The minimum Gasteiger partial charge on any atom is -0.394 e. The molecule has 0 aliphatic rings. The average Bonchev–Trinajstić information content (AvgIpc) is 2.54. The Labute approximate surface area is 136 Å². The summed E-state index contributed by atoms with van der Waals surface area (Å²) in [5.41, 5.74) is 1.75. The van der Waals surface area contributed by atoms with E-state index in [2.05, 4.69) is 24.1 Å². The molecule has 0 aliphatic carbocycles. The molecule has 0 saturated heterocycles. The summed E-state index contributed by atoms with van der Waals surface area (Å²) in [7, 11) is 0. The molecular formula is C18H23FN2O2. The Morgan fingerprint density at radius 3 is 2.43 bits per heavy atom. The van der Waals surface area contributed by atoms with Crippen LogP contribution in [0.5, 0.6) is 0 Å². The number of hydrogen-bond acceptors (Lipinski definition) is 4. The molecule has 0 fully saturated rings. The lowest BCUT2D eigenvalue weighted by atomic mass is 9.84. The SMILES string of the molecule is CC(C)(CNc1ccc(CC(O)CO)cn1)c1ccc(F)cc1. The van der Waals surface area contributed by atoms with E-state index in [-0.39, 0.29) is 17.8 Å². The van der Waals surface area contributed by atoms with Gasteiger partial charge >= 0.3 is 0 Å². The Morgan fingerprint density at radius 2 is 1.87 bits per heavy atom. The van der Waals surface area contributed by atoms with Crippen molar-refractivity contribution >= 4 is 5.82 Å². The number of aliphatic hydroxyl groups excluding tert-OH is 2. The fourth-order valence-electron chi connectivity index (χ4n) is 2.30. The molecule has 0 bridgehead atoms. The van der Waals surface area contributed by atoms with Crippen LogP contribution in [-0.2, 0) is 11.8 Å². The third kappa shape index (κ3) is 5.01. The molecule has 4 nitrogen and oxygen atoms in total. The third-order valence-electron chi connectivity index (χ3n) is 3.84. The highest BCUT2D eigenvalue weighted by atomic mass is 19.1. The number of aliphatic hydroxyl groups is 2. The number of anilines is 1. The van der Waals surface area contributed by atoms with Gasteiger partial charge in [-0.25, -0.2) is 9.37 Å². The Kier molecular flexibility index (Phi) is 5.69. The molecular weight excluding hydrogens is 295 g/mol. The van der Waals surface area contributed by atoms with Crippen LogP contribution in [0.1, 0.15) is 25.0 Å². The molecule has 3 N–H and O–H groups in total. The van der Waals surface area contributed by atoms with E-state index in [1.54, 1.807) is 18.3 Å². The van der Waals surface area contributed by atoms with Gasteiger partial charge in [-0.2, -0.15) is 0 Å². The second kappa shape index (κ2) is 7.53. The van der Waals surface area contributed by atoms with Crippen LogP contribution in [0.4, 0.5) is 10.2 Å². The van der Waals surface area contributed by atoms with Crippen molar-refractivity contribution in [3.05, 3.63) is 59.5 Å². The molecule has 2 aromatic rings. The maximum Gasteiger partial charge on any atom is 0.125 e. The standard InChI is InChI=1S/C18H23FN2O2/c1-18(2,14-4-6-15(19)7-5-14)12-21-17-8-3-13(10-20-17)9-16(23)11-22/h3-8,10,16,22-23H,9,11-12H2,1-2H3,(H,20,21). The topological polar surface area (TPSA) is 65.4 Å². The molecule has 1 unspecified atom stereocenters. The predicted molar refractivity (Wildman–Crippen MR) is 88.9 cm³/mol. The van der Waals surface area contributed by atoms with Crippen molar-refractivity contribution in [2.45, 2.75) is 31.8 Å². The van der Waals surface area contributed by atoms with Gasteiger partial charge in [0.05, 0.1) is 12.7 Å². The molecule has 1 atom stereocenters. The molecule has 0 amide bonds. The number of halogens is 1. The summed E-state index contributed by atoms with van der Waals surface area (Å²) in [6.45, 7) is 4.56. The van der Waals surface area contributed by atoms with E-state index in [4.69, 9.17) is 5.11 Å². The van der Waals surface area contributed by atoms with E-state index in [0.717, 1.165) is 16.9 Å². The number of nitrogens with zero attached hydrogens (tertiary/aromatic N) is 1. The van der Waals surface area contributed by atoms with E-state index in [1.165, 1.54) is 12.1 Å². The van der Waals surface area contributed by atoms with E-state index < -0.39 is 6.10 Å². The monoisotopic (exact) mass is 318 g/mol. The van der Waals surface area contributed by atoms with Gasteiger partial charge in [-0.3, -0.25) is 0 Å². The minimum atomic E-state index is -0.756. The van der Waals surface area contributed by atoms with E-state index >= 15 is 0 Å². The largest absolute Gasteiger partial charge is 0.394 e. The van der Waals surface area contributed by atoms with Crippen LogP contribution in [0.2, 0.25) is 0 Å². The van der Waals surface area contributed by atoms with Crippen LogP contribution in [0.25, 0.3) is 0 Å². The number of aromatic nitrogens is 1. The zero-order valence-electron chi connectivity index (χ0n) is 13.5. The Hall–Kier alpha value is -1.98. The Bertz CT molecular complexity index is 612. The highest BCUT2D eigenvalue weighted by molar-refractivity contribution is 5.37. The van der Waals surface area contributed by atoms with Gasteiger partial charge in [0.1, 0.15) is 11.6 Å². The van der Waals surface area contributed by atoms with Crippen LogP contribution in [0.3, 0.4) is 0 Å². The number of rotatable bonds is 7. The zero-order valence-corrected chi connectivity index (χ0v) is 13.5. The first-order chi connectivity index (χ1) is 10.9. The Balaban J connectivity index is 1.95. The average molecular weight is 318 g/mol. The summed E-state index contributed by atoms with van der Waals surface area (Å²) < 4.78 is 13.0. The molecule has 1 aromatic carbocycles. The molecule has 124 valence electrons. The van der Waals surface area contributed by atoms with Gasteiger partial charge < -0.3 is 15.5 Å². The van der Waals surface area contributed by atoms with Gasteiger partial charge in [-0.15, -0.1) is 0 Å². The third-order valence-corrected chi connectivity index (χ3v) is 3.84. The summed E-state index contributed by atoms with van der Waals surface area (Å²) in [6, 6.07) is 10.3. The Morgan fingerprint density at radius 1 is 1.17 bits per heavy atom. The lowest BCUT2D eigenvalue weighted by Gasteiger charge is -2.26. The number of benzene rings is 1. The van der Waals surface area contributed by atoms with Crippen LogP contribution in [-0.4, -0.2) is 34.5 Å². The van der Waals surface area contributed by atoms with Crippen LogP contribution < -0.4 is 5.32 Å². The van der Waals surface area contributed by atoms with Gasteiger partial charge in [0.15, 0.2) is 0 Å². The van der Waals surface area contributed by atoms with Crippen molar-refractivity contribution in [1.82, 2.24) is 4.98 Å². The molecule has 5 heteroatoms. The second-order valence-electron chi connectivity index (χ2n) is 6.34. The van der Waals surface area contributed by atoms with Crippen LogP contribution >= 0.6 is 0 Å². The van der Waals surface area contributed by atoms with Crippen molar-refractivity contribution in [3.63, 3.8) is 0 Å². The van der Waals surface area contributed by atoms with Crippen molar-refractivity contribution in [2.24, 2.45) is 0 Å². The molecule has 1 aromatic heterocycles. The maximum atomic E-state index is 13.0. The first kappa shape index (κ1) is 17.4. The highest BCUT2D eigenvalue weighted by Crippen LogP contribution is 2.23. The lowest BCUT2D eigenvalue weighted by Crippen LogP contribution is -2.27. The van der Waals surface area contributed by atoms with E-state index in [1.807, 2.05) is 12.1 Å². The summed E-state index contributed by atoms with van der Waals surface area (Å²) in [6.07, 6.45) is 1.31. The van der Waals surface area contributed by atoms with Crippen LogP contribution in [0.15, 0.2) is 42.6 Å². The molecule has 0 saturated carbocycles. The quantitative estimate of drug-likeness (QED) is 0.734. The molecule has 23 heavy (non-hydrogen) atoms. The first-order valence-corrected chi connectivity index (χ1v) is 7.64.